The summed E-state index contributed by atoms with van der Waals surface area (Å²) in [5.74, 6) is -0.0485. The monoisotopic (exact) mass is 303 g/mol. The molecule has 0 radical (unpaired) electrons. The first-order chi connectivity index (χ1) is 10.1. The minimum atomic E-state index is -0.886. The highest BCUT2D eigenvalue weighted by Gasteiger charge is 2.36. The molecule has 0 atom stereocenters. The molecular formula is C15H17N3O2S. The molecule has 0 bridgehead atoms. The molecule has 0 spiro atoms. The van der Waals surface area contributed by atoms with Crippen molar-refractivity contribution < 1.29 is 9.90 Å². The Morgan fingerprint density at radius 1 is 1.43 bits per heavy atom. The van der Waals surface area contributed by atoms with Gasteiger partial charge in [-0.3, -0.25) is 9.78 Å². The predicted octanol–water partition coefficient (Wildman–Crippen LogP) is 1.97. The lowest BCUT2D eigenvalue weighted by atomic mass is 9.85. The van der Waals surface area contributed by atoms with E-state index in [2.05, 4.69) is 9.97 Å². The first-order valence-corrected chi connectivity index (χ1v) is 7.81. The number of rotatable bonds is 2. The van der Waals surface area contributed by atoms with E-state index < -0.39 is 5.60 Å². The number of hydrogen-bond donors (Lipinski definition) is 1. The second-order valence-electron chi connectivity index (χ2n) is 5.32. The standard InChI is InChI=1S/C15H17N3O2S/c1-11-17-13(10-21-11)14(19)18-7-4-15(20,5-8-18)12-3-2-6-16-9-12/h2-3,6,9-10,20H,4-5,7-8H2,1H3. The summed E-state index contributed by atoms with van der Waals surface area (Å²) in [5, 5.41) is 13.4. The van der Waals surface area contributed by atoms with Crippen LogP contribution in [0.25, 0.3) is 0 Å². The van der Waals surface area contributed by atoms with E-state index in [1.165, 1.54) is 11.3 Å². The van der Waals surface area contributed by atoms with Gasteiger partial charge in [0.1, 0.15) is 5.69 Å². The number of likely N-dealkylation sites (tertiary alicyclic amines) is 1. The number of aliphatic hydroxyl groups is 1. The number of carbonyl (C=O) groups excluding carboxylic acids is 1. The van der Waals surface area contributed by atoms with Crippen LogP contribution >= 0.6 is 11.3 Å². The van der Waals surface area contributed by atoms with Gasteiger partial charge in [0.2, 0.25) is 0 Å². The van der Waals surface area contributed by atoms with Crippen molar-refractivity contribution >= 4 is 17.2 Å². The van der Waals surface area contributed by atoms with Crippen molar-refractivity contribution in [2.45, 2.75) is 25.4 Å². The van der Waals surface area contributed by atoms with Gasteiger partial charge in [0.15, 0.2) is 0 Å². The fraction of sp³-hybridized carbons (Fsp3) is 0.400. The van der Waals surface area contributed by atoms with Crippen molar-refractivity contribution in [3.8, 4) is 0 Å². The molecule has 0 aromatic carbocycles. The van der Waals surface area contributed by atoms with Gasteiger partial charge in [-0.2, -0.15) is 0 Å². The van der Waals surface area contributed by atoms with Crippen molar-refractivity contribution in [2.75, 3.05) is 13.1 Å². The summed E-state index contributed by atoms with van der Waals surface area (Å²) in [4.78, 5) is 22.4. The molecule has 110 valence electrons. The van der Waals surface area contributed by atoms with Gasteiger partial charge in [-0.15, -0.1) is 11.3 Å². The number of aromatic nitrogens is 2. The average Bonchev–Trinajstić information content (AvgIpc) is 2.95. The number of hydrogen-bond acceptors (Lipinski definition) is 5. The Bertz CT molecular complexity index is 633. The minimum Gasteiger partial charge on any atom is -0.385 e. The number of nitrogens with zero attached hydrogens (tertiary/aromatic N) is 3. The molecule has 1 aliphatic rings. The lowest BCUT2D eigenvalue weighted by Gasteiger charge is -2.38. The third-order valence-electron chi connectivity index (χ3n) is 3.91. The molecule has 1 fully saturated rings. The van der Waals surface area contributed by atoms with Crippen LogP contribution in [0.15, 0.2) is 29.9 Å². The summed E-state index contributed by atoms with van der Waals surface area (Å²) in [5.41, 5.74) is 0.439. The topological polar surface area (TPSA) is 66.3 Å². The van der Waals surface area contributed by atoms with Gasteiger partial charge in [0.05, 0.1) is 10.6 Å². The number of pyridine rings is 1. The molecule has 2 aromatic heterocycles. The Morgan fingerprint density at radius 2 is 2.19 bits per heavy atom. The molecule has 0 unspecified atom stereocenters. The lowest BCUT2D eigenvalue weighted by molar-refractivity contribution is -0.0214. The maximum atomic E-state index is 12.3. The molecule has 1 N–H and O–H groups in total. The smallest absolute Gasteiger partial charge is 0.273 e. The lowest BCUT2D eigenvalue weighted by Crippen LogP contribution is -2.45. The fourth-order valence-corrected chi connectivity index (χ4v) is 3.22. The van der Waals surface area contributed by atoms with E-state index in [4.69, 9.17) is 0 Å². The molecule has 0 aliphatic carbocycles. The fourth-order valence-electron chi connectivity index (χ4n) is 2.63. The normalized spacial score (nSPS) is 17.7. The van der Waals surface area contributed by atoms with Crippen LogP contribution in [0, 0.1) is 6.92 Å². The van der Waals surface area contributed by atoms with Crippen LogP contribution in [0.3, 0.4) is 0 Å². The molecule has 3 rings (SSSR count). The summed E-state index contributed by atoms with van der Waals surface area (Å²) in [6.07, 6.45) is 4.43. The number of aryl methyl sites for hydroxylation is 1. The van der Waals surface area contributed by atoms with Gasteiger partial charge < -0.3 is 10.0 Å². The van der Waals surface area contributed by atoms with Gasteiger partial charge in [-0.05, 0) is 25.8 Å². The molecule has 2 aromatic rings. The Hall–Kier alpha value is -1.79. The zero-order valence-corrected chi connectivity index (χ0v) is 12.6. The van der Waals surface area contributed by atoms with Gasteiger partial charge in [-0.25, -0.2) is 4.98 Å². The second-order valence-corrected chi connectivity index (χ2v) is 6.38. The summed E-state index contributed by atoms with van der Waals surface area (Å²) >= 11 is 1.48. The largest absolute Gasteiger partial charge is 0.385 e. The van der Waals surface area contributed by atoms with Crippen LogP contribution in [0.5, 0.6) is 0 Å². The van der Waals surface area contributed by atoms with E-state index in [9.17, 15) is 9.90 Å². The summed E-state index contributed by atoms with van der Waals surface area (Å²) in [6.45, 7) is 2.94. The maximum Gasteiger partial charge on any atom is 0.273 e. The van der Waals surface area contributed by atoms with E-state index in [0.717, 1.165) is 10.6 Å². The SMILES string of the molecule is Cc1nc(C(=O)N2CCC(O)(c3cccnc3)CC2)cs1. The van der Waals surface area contributed by atoms with Crippen LogP contribution in [-0.4, -0.2) is 39.0 Å². The molecule has 5 nitrogen and oxygen atoms in total. The van der Waals surface area contributed by atoms with Crippen LogP contribution in [0.2, 0.25) is 0 Å². The number of piperidine rings is 1. The summed E-state index contributed by atoms with van der Waals surface area (Å²) in [6, 6.07) is 3.71. The average molecular weight is 303 g/mol. The van der Waals surface area contributed by atoms with Crippen LogP contribution in [0.1, 0.15) is 33.9 Å². The molecule has 3 heterocycles. The van der Waals surface area contributed by atoms with Crippen molar-refractivity contribution in [1.82, 2.24) is 14.9 Å². The first kappa shape index (κ1) is 14.2. The molecule has 0 saturated carbocycles. The van der Waals surface area contributed by atoms with Crippen LogP contribution in [-0.2, 0) is 5.60 Å². The van der Waals surface area contributed by atoms with Gasteiger partial charge >= 0.3 is 0 Å². The minimum absolute atomic E-state index is 0.0485. The number of thiazole rings is 1. The number of amides is 1. The summed E-state index contributed by atoms with van der Waals surface area (Å²) < 4.78 is 0. The molecule has 1 amide bonds. The highest BCUT2D eigenvalue weighted by atomic mass is 32.1. The molecule has 6 heteroatoms. The van der Waals surface area contributed by atoms with Crippen LogP contribution < -0.4 is 0 Å². The van der Waals surface area contributed by atoms with Crippen molar-refractivity contribution in [1.29, 1.82) is 0 Å². The third kappa shape index (κ3) is 2.82. The van der Waals surface area contributed by atoms with Crippen LogP contribution in [0.4, 0.5) is 0 Å². The number of carbonyl (C=O) groups is 1. The molecule has 1 aliphatic heterocycles. The van der Waals surface area contributed by atoms with Crippen molar-refractivity contribution in [3.05, 3.63) is 46.2 Å². The van der Waals surface area contributed by atoms with Crippen molar-refractivity contribution in [3.63, 3.8) is 0 Å². The van der Waals surface area contributed by atoms with Gasteiger partial charge in [0, 0.05) is 36.4 Å². The maximum absolute atomic E-state index is 12.3. The Kier molecular flexibility index (Phi) is 3.73. The molecular weight excluding hydrogens is 286 g/mol. The summed E-state index contributed by atoms with van der Waals surface area (Å²) in [7, 11) is 0. The van der Waals surface area contributed by atoms with Crippen molar-refractivity contribution in [2.24, 2.45) is 0 Å². The van der Waals surface area contributed by atoms with E-state index in [1.807, 2.05) is 19.1 Å². The zero-order chi connectivity index (χ0) is 14.9. The Morgan fingerprint density at radius 3 is 2.76 bits per heavy atom. The van der Waals surface area contributed by atoms with E-state index >= 15 is 0 Å². The van der Waals surface area contributed by atoms with Gasteiger partial charge in [-0.1, -0.05) is 6.07 Å². The highest BCUT2D eigenvalue weighted by Crippen LogP contribution is 2.32. The second kappa shape index (κ2) is 5.54. The Balaban J connectivity index is 1.69. The van der Waals surface area contributed by atoms with E-state index in [-0.39, 0.29) is 5.91 Å². The van der Waals surface area contributed by atoms with E-state index in [0.29, 0.717) is 31.6 Å². The Labute approximate surface area is 127 Å². The highest BCUT2D eigenvalue weighted by molar-refractivity contribution is 7.09. The van der Waals surface area contributed by atoms with Gasteiger partial charge in [0.25, 0.3) is 5.91 Å². The quantitative estimate of drug-likeness (QED) is 0.921. The molecule has 21 heavy (non-hydrogen) atoms. The van der Waals surface area contributed by atoms with E-state index in [1.54, 1.807) is 22.7 Å². The zero-order valence-electron chi connectivity index (χ0n) is 11.8. The third-order valence-corrected chi connectivity index (χ3v) is 4.69. The molecule has 1 saturated heterocycles. The predicted molar refractivity (Wildman–Crippen MR) is 80.1 cm³/mol. The first-order valence-electron chi connectivity index (χ1n) is 6.93.